The van der Waals surface area contributed by atoms with Crippen LogP contribution in [0.4, 0.5) is 4.79 Å². The molecule has 2 rings (SSSR count). The van der Waals surface area contributed by atoms with Crippen LogP contribution in [0.5, 0.6) is 11.5 Å². The molecule has 0 saturated carbocycles. The molecule has 0 bridgehead atoms. The molecule has 0 aliphatic carbocycles. The van der Waals surface area contributed by atoms with Crippen molar-refractivity contribution < 1.29 is 28.6 Å². The summed E-state index contributed by atoms with van der Waals surface area (Å²) in [7, 11) is 0. The summed E-state index contributed by atoms with van der Waals surface area (Å²) in [6.07, 6.45) is -1.11. The highest BCUT2D eigenvalue weighted by molar-refractivity contribution is 9.10. The van der Waals surface area contributed by atoms with E-state index in [-0.39, 0.29) is 13.0 Å². The maximum Gasteiger partial charge on any atom is 0.324 e. The number of halogens is 1. The van der Waals surface area contributed by atoms with Gasteiger partial charge in [0.1, 0.15) is 0 Å². The molecule has 1 N–H and O–H groups in total. The molecule has 0 spiro atoms. The summed E-state index contributed by atoms with van der Waals surface area (Å²) >= 11 is 3.42. The number of rotatable bonds is 8. The van der Waals surface area contributed by atoms with Crippen molar-refractivity contribution in [2.24, 2.45) is 0 Å². The molecule has 1 aliphatic rings. The zero-order valence-electron chi connectivity index (χ0n) is 15.5. The van der Waals surface area contributed by atoms with Gasteiger partial charge < -0.3 is 19.5 Å². The number of carbonyl (C=O) groups is 3. The minimum Gasteiger partial charge on any atom is -0.490 e. The van der Waals surface area contributed by atoms with Crippen LogP contribution < -0.4 is 14.8 Å². The number of benzene rings is 1. The third-order valence-electron chi connectivity index (χ3n) is 3.83. The van der Waals surface area contributed by atoms with E-state index in [0.717, 1.165) is 4.90 Å². The van der Waals surface area contributed by atoms with Crippen LogP contribution in [0.25, 0.3) is 0 Å². The number of hydrogen-bond acceptors (Lipinski definition) is 6. The fourth-order valence-electron chi connectivity index (χ4n) is 2.60. The van der Waals surface area contributed by atoms with E-state index in [1.807, 2.05) is 13.8 Å². The highest BCUT2D eigenvalue weighted by Gasteiger charge is 2.31. The maximum atomic E-state index is 12.3. The predicted octanol–water partition coefficient (Wildman–Crippen LogP) is 2.27. The fraction of sp³-hybridized carbons (Fsp3) is 0.500. The average molecular weight is 443 g/mol. The lowest BCUT2D eigenvalue weighted by atomic mass is 10.1. The minimum atomic E-state index is -1.05. The second kappa shape index (κ2) is 9.59. The lowest BCUT2D eigenvalue weighted by Crippen LogP contribution is -2.42. The molecule has 0 radical (unpaired) electrons. The van der Waals surface area contributed by atoms with E-state index < -0.39 is 24.0 Å². The van der Waals surface area contributed by atoms with Crippen LogP contribution in [-0.4, -0.2) is 55.2 Å². The first-order valence-corrected chi connectivity index (χ1v) is 9.53. The predicted molar refractivity (Wildman–Crippen MR) is 101 cm³/mol. The molecule has 1 aliphatic heterocycles. The third kappa shape index (κ3) is 5.35. The summed E-state index contributed by atoms with van der Waals surface area (Å²) in [5.74, 6) is -0.0166. The van der Waals surface area contributed by atoms with Crippen molar-refractivity contribution >= 4 is 33.8 Å². The molecule has 1 aromatic carbocycles. The normalized spacial score (nSPS) is 14.5. The Balaban J connectivity index is 2.05. The topological polar surface area (TPSA) is 94.2 Å². The molecule has 1 heterocycles. The number of nitrogens with zero attached hydrogens (tertiary/aromatic N) is 1. The summed E-state index contributed by atoms with van der Waals surface area (Å²) in [4.78, 5) is 37.1. The summed E-state index contributed by atoms with van der Waals surface area (Å²) < 4.78 is 17.0. The van der Waals surface area contributed by atoms with Crippen LogP contribution in [-0.2, 0) is 20.7 Å². The SMILES string of the molecule is CCOc1cc(Br)c(CC(=O)OC(C)C(=O)N2CCNC2=O)cc1OCC. The van der Waals surface area contributed by atoms with Gasteiger partial charge in [0.2, 0.25) is 0 Å². The van der Waals surface area contributed by atoms with Crippen LogP contribution in [0.3, 0.4) is 0 Å². The molecule has 27 heavy (non-hydrogen) atoms. The van der Waals surface area contributed by atoms with Crippen molar-refractivity contribution in [3.63, 3.8) is 0 Å². The molecule has 1 unspecified atom stereocenters. The number of nitrogens with one attached hydrogen (secondary N) is 1. The second-order valence-electron chi connectivity index (χ2n) is 5.79. The van der Waals surface area contributed by atoms with Crippen LogP contribution >= 0.6 is 15.9 Å². The lowest BCUT2D eigenvalue weighted by molar-refractivity contribution is -0.156. The van der Waals surface area contributed by atoms with Gasteiger partial charge in [-0.15, -0.1) is 0 Å². The first-order valence-electron chi connectivity index (χ1n) is 8.74. The molecular formula is C18H23BrN2O6. The standard InChI is InChI=1S/C18H23BrN2O6/c1-4-25-14-8-12(13(19)10-15(14)26-5-2)9-16(22)27-11(3)17(23)21-7-6-20-18(21)24/h8,10-11H,4-7,9H2,1-3H3,(H,20,24). The Morgan fingerprint density at radius 3 is 2.41 bits per heavy atom. The Morgan fingerprint density at radius 2 is 1.85 bits per heavy atom. The molecule has 1 fully saturated rings. The van der Waals surface area contributed by atoms with Gasteiger partial charge in [0.25, 0.3) is 5.91 Å². The average Bonchev–Trinajstić information content (AvgIpc) is 3.04. The Morgan fingerprint density at radius 1 is 1.22 bits per heavy atom. The summed E-state index contributed by atoms with van der Waals surface area (Å²) in [6, 6.07) is 2.97. The van der Waals surface area contributed by atoms with Crippen molar-refractivity contribution in [1.29, 1.82) is 0 Å². The van der Waals surface area contributed by atoms with Gasteiger partial charge in [0.05, 0.1) is 19.6 Å². The highest BCUT2D eigenvalue weighted by atomic mass is 79.9. The molecule has 9 heteroatoms. The van der Waals surface area contributed by atoms with Gasteiger partial charge in [0.15, 0.2) is 17.6 Å². The number of imide groups is 1. The Hall–Kier alpha value is -2.29. The van der Waals surface area contributed by atoms with Crippen LogP contribution in [0.1, 0.15) is 26.3 Å². The van der Waals surface area contributed by atoms with Crippen LogP contribution in [0, 0.1) is 0 Å². The van der Waals surface area contributed by atoms with Crippen molar-refractivity contribution in [2.45, 2.75) is 33.3 Å². The van der Waals surface area contributed by atoms with Crippen molar-refractivity contribution in [1.82, 2.24) is 10.2 Å². The number of hydrogen-bond donors (Lipinski definition) is 1. The van der Waals surface area contributed by atoms with Gasteiger partial charge >= 0.3 is 12.0 Å². The zero-order valence-corrected chi connectivity index (χ0v) is 17.1. The molecule has 148 valence electrons. The monoisotopic (exact) mass is 442 g/mol. The number of urea groups is 1. The molecule has 1 aromatic rings. The quantitative estimate of drug-likeness (QED) is 0.620. The minimum absolute atomic E-state index is 0.0587. The summed E-state index contributed by atoms with van der Waals surface area (Å²) in [6.45, 7) is 6.77. The van der Waals surface area contributed by atoms with E-state index in [2.05, 4.69) is 21.2 Å². The third-order valence-corrected chi connectivity index (χ3v) is 4.56. The zero-order chi connectivity index (χ0) is 20.0. The summed E-state index contributed by atoms with van der Waals surface area (Å²) in [5.41, 5.74) is 0.644. The van der Waals surface area contributed by atoms with Crippen molar-refractivity contribution in [2.75, 3.05) is 26.3 Å². The molecule has 1 atom stereocenters. The van der Waals surface area contributed by atoms with Crippen molar-refractivity contribution in [3.05, 3.63) is 22.2 Å². The maximum absolute atomic E-state index is 12.3. The molecule has 3 amide bonds. The van der Waals surface area contributed by atoms with Gasteiger partial charge in [-0.1, -0.05) is 15.9 Å². The first kappa shape index (κ1) is 21.0. The Kier molecular flexibility index (Phi) is 7.46. The molecular weight excluding hydrogens is 420 g/mol. The number of amides is 3. The smallest absolute Gasteiger partial charge is 0.324 e. The molecule has 0 aromatic heterocycles. The van der Waals surface area contributed by atoms with Gasteiger partial charge in [-0.25, -0.2) is 4.79 Å². The van der Waals surface area contributed by atoms with Gasteiger partial charge in [-0.2, -0.15) is 0 Å². The van der Waals surface area contributed by atoms with E-state index in [4.69, 9.17) is 14.2 Å². The van der Waals surface area contributed by atoms with Crippen LogP contribution in [0.2, 0.25) is 0 Å². The van der Waals surface area contributed by atoms with E-state index in [1.54, 1.807) is 12.1 Å². The van der Waals surface area contributed by atoms with E-state index in [9.17, 15) is 14.4 Å². The second-order valence-corrected chi connectivity index (χ2v) is 6.64. The fourth-order valence-corrected chi connectivity index (χ4v) is 3.06. The largest absolute Gasteiger partial charge is 0.490 e. The van der Waals surface area contributed by atoms with Crippen LogP contribution in [0.15, 0.2) is 16.6 Å². The van der Waals surface area contributed by atoms with Gasteiger partial charge in [-0.3, -0.25) is 14.5 Å². The highest BCUT2D eigenvalue weighted by Crippen LogP contribution is 2.34. The first-order chi connectivity index (χ1) is 12.9. The number of ether oxygens (including phenoxy) is 3. The van der Waals surface area contributed by atoms with Crippen molar-refractivity contribution in [3.8, 4) is 11.5 Å². The van der Waals surface area contributed by atoms with Gasteiger partial charge in [0, 0.05) is 17.6 Å². The van der Waals surface area contributed by atoms with E-state index in [0.29, 0.717) is 41.3 Å². The Bertz CT molecular complexity index is 724. The number of esters is 1. The number of carbonyl (C=O) groups excluding carboxylic acids is 3. The van der Waals surface area contributed by atoms with E-state index in [1.165, 1.54) is 6.92 Å². The lowest BCUT2D eigenvalue weighted by Gasteiger charge is -2.18. The van der Waals surface area contributed by atoms with Gasteiger partial charge in [-0.05, 0) is 38.5 Å². The molecule has 8 nitrogen and oxygen atoms in total. The molecule has 1 saturated heterocycles. The summed E-state index contributed by atoms with van der Waals surface area (Å²) in [5, 5.41) is 2.53. The Labute approximate surface area is 166 Å². The van der Waals surface area contributed by atoms with E-state index >= 15 is 0 Å².